The van der Waals surface area contributed by atoms with Crippen molar-refractivity contribution in [3.63, 3.8) is 0 Å². The van der Waals surface area contributed by atoms with E-state index in [4.69, 9.17) is 5.73 Å². The van der Waals surface area contributed by atoms with Gasteiger partial charge in [-0.1, -0.05) is 54.6 Å². The predicted molar refractivity (Wildman–Crippen MR) is 100 cm³/mol. The lowest BCUT2D eigenvalue weighted by Gasteiger charge is -2.24. The summed E-state index contributed by atoms with van der Waals surface area (Å²) in [7, 11) is 0. The maximum absolute atomic E-state index is 13.2. The van der Waals surface area contributed by atoms with Crippen LogP contribution in [0.2, 0.25) is 0 Å². The summed E-state index contributed by atoms with van der Waals surface area (Å²) in [6.45, 7) is 1.94. The Labute approximate surface area is 149 Å². The summed E-state index contributed by atoms with van der Waals surface area (Å²) in [5.41, 5.74) is 10.0. The lowest BCUT2D eigenvalue weighted by atomic mass is 9.95. The molecule has 1 fully saturated rings. The van der Waals surface area contributed by atoms with E-state index in [0.29, 0.717) is 19.0 Å². The SMILES string of the molecule is NCCN(CCc1ccccc1)C(=O)C1CC12CCc1ccccc12. The molecule has 2 N–H and O–H groups in total. The van der Waals surface area contributed by atoms with Crippen LogP contribution < -0.4 is 5.73 Å². The van der Waals surface area contributed by atoms with Crippen LogP contribution in [0.25, 0.3) is 0 Å². The zero-order chi connectivity index (χ0) is 17.3. The van der Waals surface area contributed by atoms with Crippen LogP contribution >= 0.6 is 0 Å². The van der Waals surface area contributed by atoms with Gasteiger partial charge in [-0.05, 0) is 42.4 Å². The minimum absolute atomic E-state index is 0.118. The summed E-state index contributed by atoms with van der Waals surface area (Å²) in [4.78, 5) is 15.2. The molecule has 0 heterocycles. The minimum atomic E-state index is 0.118. The monoisotopic (exact) mass is 334 g/mol. The Morgan fingerprint density at radius 1 is 1.08 bits per heavy atom. The maximum Gasteiger partial charge on any atom is 0.226 e. The Bertz CT molecular complexity index is 758. The van der Waals surface area contributed by atoms with Crippen molar-refractivity contribution in [2.24, 2.45) is 11.7 Å². The lowest BCUT2D eigenvalue weighted by molar-refractivity contribution is -0.133. The van der Waals surface area contributed by atoms with Crippen LogP contribution in [0, 0.1) is 5.92 Å². The van der Waals surface area contributed by atoms with Crippen molar-refractivity contribution < 1.29 is 4.79 Å². The number of hydrogen-bond donors (Lipinski definition) is 1. The van der Waals surface area contributed by atoms with Gasteiger partial charge in [0.25, 0.3) is 0 Å². The molecule has 3 nitrogen and oxygen atoms in total. The highest BCUT2D eigenvalue weighted by Gasteiger charge is 2.61. The van der Waals surface area contributed by atoms with E-state index in [-0.39, 0.29) is 11.3 Å². The molecule has 4 rings (SSSR count). The van der Waals surface area contributed by atoms with E-state index in [1.807, 2.05) is 11.0 Å². The molecule has 25 heavy (non-hydrogen) atoms. The molecule has 2 aliphatic carbocycles. The van der Waals surface area contributed by atoms with Gasteiger partial charge in [0.2, 0.25) is 5.91 Å². The number of hydrogen-bond acceptors (Lipinski definition) is 2. The number of benzene rings is 2. The molecule has 0 aliphatic heterocycles. The highest BCUT2D eigenvalue weighted by molar-refractivity contribution is 5.85. The Morgan fingerprint density at radius 3 is 2.64 bits per heavy atom. The number of carbonyl (C=O) groups excluding carboxylic acids is 1. The van der Waals surface area contributed by atoms with Crippen LogP contribution in [0.15, 0.2) is 54.6 Å². The van der Waals surface area contributed by atoms with Crippen LogP contribution in [0.1, 0.15) is 29.5 Å². The molecule has 1 spiro atoms. The van der Waals surface area contributed by atoms with Gasteiger partial charge in [-0.25, -0.2) is 0 Å². The van der Waals surface area contributed by atoms with Crippen molar-refractivity contribution in [3.8, 4) is 0 Å². The van der Waals surface area contributed by atoms with Crippen molar-refractivity contribution >= 4 is 5.91 Å². The number of fused-ring (bicyclic) bond motifs is 2. The summed E-state index contributed by atoms with van der Waals surface area (Å²) in [5, 5.41) is 0. The van der Waals surface area contributed by atoms with E-state index < -0.39 is 0 Å². The molecular formula is C22H26N2O. The second-order valence-electron chi connectivity index (χ2n) is 7.42. The molecule has 0 radical (unpaired) electrons. The molecule has 2 aliphatic rings. The third kappa shape index (κ3) is 2.98. The van der Waals surface area contributed by atoms with Crippen molar-refractivity contribution in [3.05, 3.63) is 71.3 Å². The van der Waals surface area contributed by atoms with Gasteiger partial charge in [-0.15, -0.1) is 0 Å². The van der Waals surface area contributed by atoms with Gasteiger partial charge in [0.05, 0.1) is 0 Å². The number of nitrogens with two attached hydrogens (primary N) is 1. The molecule has 0 bridgehead atoms. The number of nitrogens with zero attached hydrogens (tertiary/aromatic N) is 1. The van der Waals surface area contributed by atoms with E-state index in [0.717, 1.165) is 32.2 Å². The second-order valence-corrected chi connectivity index (χ2v) is 7.42. The van der Waals surface area contributed by atoms with Gasteiger partial charge >= 0.3 is 0 Å². The first kappa shape index (κ1) is 16.3. The van der Waals surface area contributed by atoms with Crippen molar-refractivity contribution in [2.75, 3.05) is 19.6 Å². The largest absolute Gasteiger partial charge is 0.341 e. The smallest absolute Gasteiger partial charge is 0.226 e. The highest BCUT2D eigenvalue weighted by atomic mass is 16.2. The third-order valence-electron chi connectivity index (χ3n) is 5.99. The van der Waals surface area contributed by atoms with Crippen LogP contribution in [0.5, 0.6) is 0 Å². The van der Waals surface area contributed by atoms with Crippen molar-refractivity contribution in [1.82, 2.24) is 4.90 Å². The standard InChI is InChI=1S/C22H26N2O/c23-13-15-24(14-11-17-6-2-1-3-7-17)21(25)20-16-22(20)12-10-18-8-4-5-9-19(18)22/h1-9,20H,10-16,23H2. The molecule has 2 aromatic rings. The normalized spacial score (nSPS) is 23.5. The van der Waals surface area contributed by atoms with Gasteiger partial charge in [-0.2, -0.15) is 0 Å². The van der Waals surface area contributed by atoms with E-state index in [9.17, 15) is 4.79 Å². The zero-order valence-corrected chi connectivity index (χ0v) is 14.7. The molecule has 130 valence electrons. The summed E-state index contributed by atoms with van der Waals surface area (Å²) in [5.74, 6) is 0.455. The molecule has 1 saturated carbocycles. The molecule has 2 atom stereocenters. The Kier molecular flexibility index (Phi) is 4.34. The zero-order valence-electron chi connectivity index (χ0n) is 14.7. The van der Waals surface area contributed by atoms with Crippen LogP contribution in [0.4, 0.5) is 0 Å². The average molecular weight is 334 g/mol. The fourth-order valence-corrected chi connectivity index (χ4v) is 4.54. The maximum atomic E-state index is 13.2. The Morgan fingerprint density at radius 2 is 1.84 bits per heavy atom. The topological polar surface area (TPSA) is 46.3 Å². The third-order valence-corrected chi connectivity index (χ3v) is 5.99. The van der Waals surface area contributed by atoms with Crippen LogP contribution in [-0.2, 0) is 23.1 Å². The molecular weight excluding hydrogens is 308 g/mol. The summed E-state index contributed by atoms with van der Waals surface area (Å²) in [6.07, 6.45) is 4.14. The first-order chi connectivity index (χ1) is 12.2. The fraction of sp³-hybridized carbons (Fsp3) is 0.409. The van der Waals surface area contributed by atoms with Gasteiger partial charge in [0, 0.05) is 31.0 Å². The number of amides is 1. The quantitative estimate of drug-likeness (QED) is 0.883. The summed E-state index contributed by atoms with van der Waals surface area (Å²) < 4.78 is 0. The number of rotatable bonds is 6. The first-order valence-corrected chi connectivity index (χ1v) is 9.36. The molecule has 3 heteroatoms. The van der Waals surface area contributed by atoms with Gasteiger partial charge in [0.1, 0.15) is 0 Å². The highest BCUT2D eigenvalue weighted by Crippen LogP contribution is 2.61. The number of carbonyl (C=O) groups is 1. The van der Waals surface area contributed by atoms with Crippen LogP contribution in [-0.4, -0.2) is 30.4 Å². The Hall–Kier alpha value is -2.13. The average Bonchev–Trinajstić information content (AvgIpc) is 3.28. The minimum Gasteiger partial charge on any atom is -0.341 e. The van der Waals surface area contributed by atoms with E-state index >= 15 is 0 Å². The predicted octanol–water partition coefficient (Wildman–Crippen LogP) is 2.92. The number of aryl methyl sites for hydroxylation is 1. The second kappa shape index (κ2) is 6.64. The van der Waals surface area contributed by atoms with E-state index in [2.05, 4.69) is 48.5 Å². The first-order valence-electron chi connectivity index (χ1n) is 9.36. The van der Waals surface area contributed by atoms with Crippen molar-refractivity contribution in [1.29, 1.82) is 0 Å². The van der Waals surface area contributed by atoms with Crippen LogP contribution in [0.3, 0.4) is 0 Å². The molecule has 2 aromatic carbocycles. The van der Waals surface area contributed by atoms with Gasteiger partial charge < -0.3 is 10.6 Å². The molecule has 1 amide bonds. The van der Waals surface area contributed by atoms with Crippen molar-refractivity contribution in [2.45, 2.75) is 31.1 Å². The molecule has 2 unspecified atom stereocenters. The van der Waals surface area contributed by atoms with E-state index in [1.54, 1.807) is 0 Å². The lowest BCUT2D eigenvalue weighted by Crippen LogP contribution is -2.39. The molecule has 0 aromatic heterocycles. The Balaban J connectivity index is 1.46. The van der Waals surface area contributed by atoms with E-state index in [1.165, 1.54) is 16.7 Å². The summed E-state index contributed by atoms with van der Waals surface area (Å²) in [6, 6.07) is 19.0. The van der Waals surface area contributed by atoms with Gasteiger partial charge in [-0.3, -0.25) is 4.79 Å². The summed E-state index contributed by atoms with van der Waals surface area (Å²) >= 11 is 0. The van der Waals surface area contributed by atoms with Gasteiger partial charge in [0.15, 0.2) is 0 Å². The molecule has 0 saturated heterocycles. The fourth-order valence-electron chi connectivity index (χ4n) is 4.54.